The van der Waals surface area contributed by atoms with Gasteiger partial charge in [0.15, 0.2) is 5.60 Å². The van der Waals surface area contributed by atoms with Crippen molar-refractivity contribution in [3.05, 3.63) is 53.2 Å². The van der Waals surface area contributed by atoms with Gasteiger partial charge in [0.05, 0.1) is 18.7 Å². The standard InChI is InChI=1S/C21H20N4O5/c1-12-7-18(24-30-12)21(2,28)6-5-13-3-4-17-15(8-13)20-23-16(19(22)27)10-25(20)9-14(11-26)29-17/h3-4,7-8,10,14,26,28H,9,11H2,1-2H3,(H2,22,27)/t14-,21-/m0/s1. The number of aromatic nitrogens is 3. The van der Waals surface area contributed by atoms with E-state index in [4.69, 9.17) is 15.0 Å². The van der Waals surface area contributed by atoms with Gasteiger partial charge in [0, 0.05) is 17.8 Å². The molecule has 0 saturated carbocycles. The molecule has 9 heteroatoms. The van der Waals surface area contributed by atoms with E-state index in [1.807, 2.05) is 0 Å². The molecule has 3 heterocycles. The average Bonchev–Trinajstić information content (AvgIpc) is 3.30. The number of aliphatic hydroxyl groups is 2. The van der Waals surface area contributed by atoms with Crippen LogP contribution in [0.1, 0.15) is 34.4 Å². The molecule has 1 aliphatic heterocycles. The summed E-state index contributed by atoms with van der Waals surface area (Å²) >= 11 is 0. The molecule has 1 aromatic carbocycles. The van der Waals surface area contributed by atoms with Gasteiger partial charge in [0.1, 0.15) is 34.8 Å². The summed E-state index contributed by atoms with van der Waals surface area (Å²) in [6.45, 7) is 3.36. The molecule has 0 fully saturated rings. The molecule has 0 aliphatic carbocycles. The van der Waals surface area contributed by atoms with Crippen LogP contribution in [0.5, 0.6) is 5.75 Å². The summed E-state index contributed by atoms with van der Waals surface area (Å²) in [6, 6.07) is 6.82. The molecule has 1 aliphatic rings. The van der Waals surface area contributed by atoms with Crippen LogP contribution in [0.25, 0.3) is 11.4 Å². The summed E-state index contributed by atoms with van der Waals surface area (Å²) in [4.78, 5) is 15.9. The molecular formula is C21H20N4O5. The van der Waals surface area contributed by atoms with Gasteiger partial charge in [-0.05, 0) is 32.0 Å². The third kappa shape index (κ3) is 3.66. The number of benzene rings is 1. The fraction of sp³-hybridized carbons (Fsp3) is 0.286. The number of aryl methyl sites for hydroxylation is 1. The number of primary amides is 1. The second kappa shape index (κ2) is 7.33. The second-order valence-corrected chi connectivity index (χ2v) is 7.24. The summed E-state index contributed by atoms with van der Waals surface area (Å²) in [5.41, 5.74) is 5.51. The lowest BCUT2D eigenvalue weighted by Crippen LogP contribution is -2.25. The van der Waals surface area contributed by atoms with Crippen LogP contribution in [0.4, 0.5) is 0 Å². The van der Waals surface area contributed by atoms with Crippen LogP contribution < -0.4 is 10.5 Å². The van der Waals surface area contributed by atoms with Gasteiger partial charge in [0.25, 0.3) is 5.91 Å². The van der Waals surface area contributed by atoms with E-state index in [1.54, 1.807) is 35.8 Å². The number of aliphatic hydroxyl groups excluding tert-OH is 1. The predicted octanol–water partition coefficient (Wildman–Crippen LogP) is 0.958. The van der Waals surface area contributed by atoms with Crippen molar-refractivity contribution in [3.8, 4) is 29.0 Å². The summed E-state index contributed by atoms with van der Waals surface area (Å²) in [7, 11) is 0. The Morgan fingerprint density at radius 1 is 1.43 bits per heavy atom. The van der Waals surface area contributed by atoms with Gasteiger partial charge in [0.2, 0.25) is 0 Å². The maximum absolute atomic E-state index is 11.6. The van der Waals surface area contributed by atoms with Crippen LogP contribution in [0, 0.1) is 18.8 Å². The number of ether oxygens (including phenoxy) is 1. The Balaban J connectivity index is 1.76. The number of nitrogens with two attached hydrogens (primary N) is 1. The van der Waals surface area contributed by atoms with Gasteiger partial charge in [-0.2, -0.15) is 0 Å². The number of hydrogen-bond donors (Lipinski definition) is 3. The average molecular weight is 408 g/mol. The summed E-state index contributed by atoms with van der Waals surface area (Å²) in [5.74, 6) is 6.64. The van der Waals surface area contributed by atoms with E-state index in [0.29, 0.717) is 40.7 Å². The number of amides is 1. The lowest BCUT2D eigenvalue weighted by Gasteiger charge is -2.15. The maximum atomic E-state index is 11.6. The summed E-state index contributed by atoms with van der Waals surface area (Å²) < 4.78 is 12.6. The number of imidazole rings is 1. The minimum atomic E-state index is -1.50. The van der Waals surface area contributed by atoms with Crippen molar-refractivity contribution >= 4 is 5.91 Å². The van der Waals surface area contributed by atoms with Crippen LogP contribution >= 0.6 is 0 Å². The van der Waals surface area contributed by atoms with Gasteiger partial charge in [-0.25, -0.2) is 4.98 Å². The number of carbonyl (C=O) groups excluding carboxylic acids is 1. The van der Waals surface area contributed by atoms with E-state index in [1.165, 1.54) is 13.1 Å². The number of carbonyl (C=O) groups is 1. The third-order valence-electron chi connectivity index (χ3n) is 4.72. The molecule has 4 N–H and O–H groups in total. The number of hydrogen-bond acceptors (Lipinski definition) is 7. The molecule has 154 valence electrons. The maximum Gasteiger partial charge on any atom is 0.268 e. The highest BCUT2D eigenvalue weighted by Gasteiger charge is 2.26. The fourth-order valence-electron chi connectivity index (χ4n) is 3.16. The molecule has 0 saturated heterocycles. The highest BCUT2D eigenvalue weighted by atomic mass is 16.5. The Morgan fingerprint density at radius 3 is 2.90 bits per heavy atom. The molecule has 9 nitrogen and oxygen atoms in total. The Kier molecular flexibility index (Phi) is 4.81. The topological polar surface area (TPSA) is 137 Å². The Bertz CT molecular complexity index is 1180. The third-order valence-corrected chi connectivity index (χ3v) is 4.72. The highest BCUT2D eigenvalue weighted by molar-refractivity contribution is 5.91. The van der Waals surface area contributed by atoms with Gasteiger partial charge >= 0.3 is 0 Å². The first-order valence-corrected chi connectivity index (χ1v) is 9.25. The van der Waals surface area contributed by atoms with Crippen LogP contribution in [-0.2, 0) is 12.1 Å². The number of fused-ring (bicyclic) bond motifs is 3. The molecule has 3 aromatic rings. The van der Waals surface area contributed by atoms with E-state index in [9.17, 15) is 15.0 Å². The first-order valence-electron chi connectivity index (χ1n) is 9.25. The molecule has 2 atom stereocenters. The molecule has 0 unspecified atom stereocenters. The molecule has 1 amide bonds. The van der Waals surface area contributed by atoms with Crippen LogP contribution in [0.2, 0.25) is 0 Å². The van der Waals surface area contributed by atoms with E-state index in [-0.39, 0.29) is 12.3 Å². The first kappa shape index (κ1) is 19.7. The van der Waals surface area contributed by atoms with Gasteiger partial charge in [-0.1, -0.05) is 17.0 Å². The van der Waals surface area contributed by atoms with Crippen LogP contribution in [0.3, 0.4) is 0 Å². The molecule has 0 bridgehead atoms. The van der Waals surface area contributed by atoms with Crippen LogP contribution in [-0.4, -0.2) is 43.5 Å². The molecule has 0 spiro atoms. The normalized spacial score (nSPS) is 16.9. The van der Waals surface area contributed by atoms with Crippen molar-refractivity contribution in [1.29, 1.82) is 0 Å². The van der Waals surface area contributed by atoms with Crippen molar-refractivity contribution in [2.45, 2.75) is 32.1 Å². The zero-order valence-electron chi connectivity index (χ0n) is 16.4. The van der Waals surface area contributed by atoms with E-state index in [2.05, 4.69) is 22.0 Å². The van der Waals surface area contributed by atoms with Crippen molar-refractivity contribution < 1.29 is 24.3 Å². The molecule has 4 rings (SSSR count). The Labute approximate surface area is 172 Å². The summed E-state index contributed by atoms with van der Waals surface area (Å²) in [6.07, 6.45) is 1.03. The quantitative estimate of drug-likeness (QED) is 0.549. The lowest BCUT2D eigenvalue weighted by atomic mass is 10.0. The molecular weight excluding hydrogens is 388 g/mol. The molecule has 30 heavy (non-hydrogen) atoms. The van der Waals surface area contributed by atoms with Gasteiger partial charge in [-0.15, -0.1) is 0 Å². The second-order valence-electron chi connectivity index (χ2n) is 7.24. The van der Waals surface area contributed by atoms with Crippen molar-refractivity contribution in [2.24, 2.45) is 5.73 Å². The highest BCUT2D eigenvalue weighted by Crippen LogP contribution is 2.34. The zero-order valence-corrected chi connectivity index (χ0v) is 16.4. The minimum Gasteiger partial charge on any atom is -0.485 e. The van der Waals surface area contributed by atoms with E-state index >= 15 is 0 Å². The Hall–Kier alpha value is -3.61. The number of nitrogens with zero attached hydrogens (tertiary/aromatic N) is 3. The largest absolute Gasteiger partial charge is 0.485 e. The molecule has 0 radical (unpaired) electrons. The SMILES string of the molecule is Cc1cc([C@@](C)(O)C#Cc2ccc3c(c2)-c2nc(C(N)=O)cn2C[C@@H](CO)O3)no1. The molecule has 2 aromatic heterocycles. The smallest absolute Gasteiger partial charge is 0.268 e. The fourth-order valence-corrected chi connectivity index (χ4v) is 3.16. The monoisotopic (exact) mass is 408 g/mol. The van der Waals surface area contributed by atoms with Gasteiger partial charge < -0.3 is 29.8 Å². The van der Waals surface area contributed by atoms with Crippen molar-refractivity contribution in [2.75, 3.05) is 6.61 Å². The number of rotatable bonds is 3. The lowest BCUT2D eigenvalue weighted by molar-refractivity contribution is 0.0993. The van der Waals surface area contributed by atoms with E-state index in [0.717, 1.165) is 0 Å². The van der Waals surface area contributed by atoms with Gasteiger partial charge in [-0.3, -0.25) is 4.79 Å². The zero-order chi connectivity index (χ0) is 21.5. The summed E-state index contributed by atoms with van der Waals surface area (Å²) in [5, 5.41) is 24.0. The van der Waals surface area contributed by atoms with Crippen molar-refractivity contribution in [3.63, 3.8) is 0 Å². The van der Waals surface area contributed by atoms with E-state index < -0.39 is 17.6 Å². The van der Waals surface area contributed by atoms with Crippen molar-refractivity contribution in [1.82, 2.24) is 14.7 Å². The predicted molar refractivity (Wildman–Crippen MR) is 105 cm³/mol. The Morgan fingerprint density at radius 2 is 2.23 bits per heavy atom. The first-order chi connectivity index (χ1) is 14.3. The van der Waals surface area contributed by atoms with Crippen LogP contribution in [0.15, 0.2) is 35.0 Å². The minimum absolute atomic E-state index is 0.121.